The number of aromatic nitrogens is 2. The SMILES string of the molecule is COc1ccccc1NS(=O)(=O)c1cccc(C(=O)N(C)Cc2ncc(Cl)n2C)c1. The molecule has 0 aliphatic heterocycles. The highest BCUT2D eigenvalue weighted by molar-refractivity contribution is 7.92. The van der Waals surface area contributed by atoms with Gasteiger partial charge < -0.3 is 14.2 Å². The molecule has 30 heavy (non-hydrogen) atoms. The van der Waals surface area contributed by atoms with Crippen LogP contribution in [0.3, 0.4) is 0 Å². The maximum absolute atomic E-state index is 12.8. The molecule has 1 aromatic heterocycles. The van der Waals surface area contributed by atoms with Gasteiger partial charge in [0, 0.05) is 19.7 Å². The van der Waals surface area contributed by atoms with Crippen molar-refractivity contribution in [2.45, 2.75) is 11.4 Å². The summed E-state index contributed by atoms with van der Waals surface area (Å²) in [6.07, 6.45) is 1.51. The van der Waals surface area contributed by atoms with Crippen LogP contribution in [0.5, 0.6) is 5.75 Å². The van der Waals surface area contributed by atoms with Crippen molar-refractivity contribution >= 4 is 33.2 Å². The third-order valence-corrected chi connectivity index (χ3v) is 6.21. The molecule has 3 aromatic rings. The average Bonchev–Trinajstić information content (AvgIpc) is 3.05. The van der Waals surface area contributed by atoms with Crippen molar-refractivity contribution in [1.29, 1.82) is 0 Å². The summed E-state index contributed by atoms with van der Waals surface area (Å²) in [4.78, 5) is 18.4. The minimum Gasteiger partial charge on any atom is -0.495 e. The summed E-state index contributed by atoms with van der Waals surface area (Å²) >= 11 is 5.98. The second-order valence-corrected chi connectivity index (χ2v) is 8.62. The van der Waals surface area contributed by atoms with E-state index in [1.54, 1.807) is 49.0 Å². The van der Waals surface area contributed by atoms with Crippen LogP contribution in [0.15, 0.2) is 59.6 Å². The molecule has 0 spiro atoms. The fourth-order valence-corrected chi connectivity index (χ4v) is 4.07. The van der Waals surface area contributed by atoms with Crippen LogP contribution in [0.25, 0.3) is 0 Å². The molecule has 0 bridgehead atoms. The number of para-hydroxylation sites is 2. The molecule has 0 unspecified atom stereocenters. The van der Waals surface area contributed by atoms with Gasteiger partial charge >= 0.3 is 0 Å². The smallest absolute Gasteiger partial charge is 0.262 e. The number of nitrogens with zero attached hydrogens (tertiary/aromatic N) is 3. The number of imidazole rings is 1. The Morgan fingerprint density at radius 1 is 1.23 bits per heavy atom. The van der Waals surface area contributed by atoms with Gasteiger partial charge in [0.2, 0.25) is 0 Å². The number of amides is 1. The third-order valence-electron chi connectivity index (χ3n) is 4.50. The van der Waals surface area contributed by atoms with Crippen molar-refractivity contribution in [3.05, 3.63) is 71.3 Å². The van der Waals surface area contributed by atoms with Crippen molar-refractivity contribution in [2.75, 3.05) is 18.9 Å². The van der Waals surface area contributed by atoms with Crippen LogP contribution >= 0.6 is 11.6 Å². The van der Waals surface area contributed by atoms with Crippen LogP contribution in [0.2, 0.25) is 5.15 Å². The van der Waals surface area contributed by atoms with Gasteiger partial charge in [0.05, 0.1) is 30.4 Å². The molecule has 10 heteroatoms. The van der Waals surface area contributed by atoms with Crippen molar-refractivity contribution in [3.63, 3.8) is 0 Å². The first-order valence-corrected chi connectivity index (χ1v) is 10.8. The summed E-state index contributed by atoms with van der Waals surface area (Å²) in [5.74, 6) is 0.655. The molecule has 8 nitrogen and oxygen atoms in total. The van der Waals surface area contributed by atoms with Crippen molar-refractivity contribution in [2.24, 2.45) is 7.05 Å². The molecule has 3 rings (SSSR count). The standard InChI is InChI=1S/C20H21ClN4O4S/c1-24(13-19-22-12-18(21)25(19)2)20(26)14-7-6-8-15(11-14)30(27,28)23-16-9-4-5-10-17(16)29-3/h4-12,23H,13H2,1-3H3. The number of carbonyl (C=O) groups is 1. The maximum atomic E-state index is 12.8. The lowest BCUT2D eigenvalue weighted by molar-refractivity contribution is 0.0780. The number of carbonyl (C=O) groups excluding carboxylic acids is 1. The Labute approximate surface area is 180 Å². The number of benzene rings is 2. The Morgan fingerprint density at radius 3 is 2.63 bits per heavy atom. The first-order valence-electron chi connectivity index (χ1n) is 8.90. The average molecular weight is 449 g/mol. The summed E-state index contributed by atoms with van der Waals surface area (Å²) in [6, 6.07) is 12.5. The predicted octanol–water partition coefficient (Wildman–Crippen LogP) is 3.16. The lowest BCUT2D eigenvalue weighted by atomic mass is 10.2. The van der Waals surface area contributed by atoms with Gasteiger partial charge in [-0.2, -0.15) is 0 Å². The van der Waals surface area contributed by atoms with Gasteiger partial charge in [-0.3, -0.25) is 9.52 Å². The Morgan fingerprint density at radius 2 is 1.97 bits per heavy atom. The molecule has 0 aliphatic rings. The zero-order valence-electron chi connectivity index (χ0n) is 16.7. The van der Waals surface area contributed by atoms with E-state index in [-0.39, 0.29) is 22.9 Å². The van der Waals surface area contributed by atoms with Crippen LogP contribution in [0.1, 0.15) is 16.2 Å². The van der Waals surface area contributed by atoms with Crippen LogP contribution in [-0.2, 0) is 23.6 Å². The minimum atomic E-state index is -3.92. The molecule has 1 heterocycles. The fourth-order valence-electron chi connectivity index (χ4n) is 2.80. The van der Waals surface area contributed by atoms with Crippen molar-refractivity contribution in [1.82, 2.24) is 14.5 Å². The van der Waals surface area contributed by atoms with Gasteiger partial charge in [-0.1, -0.05) is 29.8 Å². The highest BCUT2D eigenvalue weighted by atomic mass is 35.5. The lowest BCUT2D eigenvalue weighted by Gasteiger charge is -2.18. The number of ether oxygens (including phenoxy) is 1. The Kier molecular flexibility index (Phi) is 6.33. The molecular weight excluding hydrogens is 428 g/mol. The number of sulfonamides is 1. The molecule has 0 radical (unpaired) electrons. The van der Waals surface area contributed by atoms with E-state index in [4.69, 9.17) is 16.3 Å². The second-order valence-electron chi connectivity index (χ2n) is 6.55. The Bertz CT molecular complexity index is 1180. The van der Waals surface area contributed by atoms with Crippen LogP contribution < -0.4 is 9.46 Å². The van der Waals surface area contributed by atoms with E-state index in [1.165, 1.54) is 36.4 Å². The third kappa shape index (κ3) is 4.58. The molecular formula is C20H21ClN4O4S. The number of nitrogens with one attached hydrogen (secondary N) is 1. The number of methoxy groups -OCH3 is 1. The second kappa shape index (κ2) is 8.76. The van der Waals surface area contributed by atoms with E-state index in [0.717, 1.165) is 0 Å². The number of hydrogen-bond donors (Lipinski definition) is 1. The zero-order chi connectivity index (χ0) is 21.9. The molecule has 1 N–H and O–H groups in total. The topological polar surface area (TPSA) is 93.5 Å². The highest BCUT2D eigenvalue weighted by Crippen LogP contribution is 2.26. The largest absolute Gasteiger partial charge is 0.495 e. The van der Waals surface area contributed by atoms with Crippen LogP contribution in [0, 0.1) is 0 Å². The zero-order valence-corrected chi connectivity index (χ0v) is 18.2. The molecule has 1 amide bonds. The van der Waals surface area contributed by atoms with E-state index >= 15 is 0 Å². The van der Waals surface area contributed by atoms with E-state index < -0.39 is 10.0 Å². The van der Waals surface area contributed by atoms with Crippen molar-refractivity contribution < 1.29 is 17.9 Å². The van der Waals surface area contributed by atoms with E-state index in [9.17, 15) is 13.2 Å². The van der Waals surface area contributed by atoms with E-state index in [1.807, 2.05) is 0 Å². The summed E-state index contributed by atoms with van der Waals surface area (Å²) in [6.45, 7) is 0.221. The molecule has 0 saturated heterocycles. The van der Waals surface area contributed by atoms with Gasteiger partial charge in [0.15, 0.2) is 0 Å². The monoisotopic (exact) mass is 448 g/mol. The Hall–Kier alpha value is -3.04. The van der Waals surface area contributed by atoms with Gasteiger partial charge in [-0.15, -0.1) is 0 Å². The minimum absolute atomic E-state index is 0.0345. The van der Waals surface area contributed by atoms with E-state index in [2.05, 4.69) is 9.71 Å². The number of hydrogen-bond acceptors (Lipinski definition) is 5. The molecule has 0 atom stereocenters. The van der Waals surface area contributed by atoms with Gasteiger partial charge in [0.1, 0.15) is 16.7 Å². The summed E-state index contributed by atoms with van der Waals surface area (Å²) < 4.78 is 35.0. The molecule has 0 fully saturated rings. The quantitative estimate of drug-likeness (QED) is 0.599. The molecule has 0 aliphatic carbocycles. The normalized spacial score (nSPS) is 11.2. The first-order chi connectivity index (χ1) is 14.2. The van der Waals surface area contributed by atoms with Crippen LogP contribution in [-0.4, -0.2) is 42.9 Å². The fraction of sp³-hybridized carbons (Fsp3) is 0.200. The predicted molar refractivity (Wildman–Crippen MR) is 114 cm³/mol. The number of halogens is 1. The molecule has 158 valence electrons. The lowest BCUT2D eigenvalue weighted by Crippen LogP contribution is -2.27. The maximum Gasteiger partial charge on any atom is 0.262 e. The number of anilines is 1. The van der Waals surface area contributed by atoms with Gasteiger partial charge in [0.25, 0.3) is 15.9 Å². The number of rotatable bonds is 7. The Balaban J connectivity index is 1.82. The molecule has 0 saturated carbocycles. The van der Waals surface area contributed by atoms with Crippen LogP contribution in [0.4, 0.5) is 5.69 Å². The summed E-state index contributed by atoms with van der Waals surface area (Å²) in [7, 11) is 0.891. The van der Waals surface area contributed by atoms with Crippen molar-refractivity contribution in [3.8, 4) is 5.75 Å². The van der Waals surface area contributed by atoms with Gasteiger partial charge in [-0.25, -0.2) is 13.4 Å². The van der Waals surface area contributed by atoms with E-state index in [0.29, 0.717) is 22.4 Å². The van der Waals surface area contributed by atoms with Gasteiger partial charge in [-0.05, 0) is 30.3 Å². The summed E-state index contributed by atoms with van der Waals surface area (Å²) in [5, 5.41) is 0.460. The summed E-state index contributed by atoms with van der Waals surface area (Å²) in [5.41, 5.74) is 0.543. The molecule has 2 aromatic carbocycles. The highest BCUT2D eigenvalue weighted by Gasteiger charge is 2.20. The first kappa shape index (κ1) is 21.7.